The molecule has 0 fully saturated rings. The Bertz CT molecular complexity index is 990. The van der Waals surface area contributed by atoms with Crippen LogP contribution in [0.3, 0.4) is 0 Å². The number of anilines is 1. The normalized spacial score (nSPS) is 13.5. The Morgan fingerprint density at radius 3 is 2.19 bits per heavy atom. The van der Waals surface area contributed by atoms with Gasteiger partial charge < -0.3 is 15.0 Å². The largest absolute Gasteiger partial charge is 0.497 e. The molecule has 1 aliphatic heterocycles. The van der Waals surface area contributed by atoms with E-state index in [1.165, 1.54) is 23.7 Å². The van der Waals surface area contributed by atoms with E-state index in [0.29, 0.717) is 34.7 Å². The van der Waals surface area contributed by atoms with Crippen LogP contribution in [-0.2, 0) is 9.59 Å². The van der Waals surface area contributed by atoms with Crippen LogP contribution in [0.25, 0.3) is 0 Å². The number of hydrogen-bond acceptors (Lipinski definition) is 6. The summed E-state index contributed by atoms with van der Waals surface area (Å²) >= 11 is 1.51. The molecule has 1 heterocycles. The summed E-state index contributed by atoms with van der Waals surface area (Å²) < 4.78 is 5.09. The number of benzene rings is 2. The van der Waals surface area contributed by atoms with Crippen molar-refractivity contribution in [2.75, 3.05) is 38.0 Å². The van der Waals surface area contributed by atoms with Crippen LogP contribution in [0.1, 0.15) is 27.1 Å². The number of nitrogens with one attached hydrogen (secondary N) is 1. The molecule has 0 spiro atoms. The van der Waals surface area contributed by atoms with Crippen molar-refractivity contribution < 1.29 is 23.9 Å². The molecule has 8 nitrogen and oxygen atoms in total. The molecule has 1 atom stereocenters. The van der Waals surface area contributed by atoms with Gasteiger partial charge in [-0.05, 0) is 54.8 Å². The molecule has 4 amide bonds. The number of thioether (sulfide) groups is 1. The smallest absolute Gasteiger partial charge is 0.262 e. The Morgan fingerprint density at radius 1 is 1.06 bits per heavy atom. The van der Waals surface area contributed by atoms with Crippen LogP contribution in [-0.4, -0.2) is 72.2 Å². The number of rotatable bonds is 9. The van der Waals surface area contributed by atoms with E-state index in [9.17, 15) is 19.2 Å². The Morgan fingerprint density at radius 2 is 1.66 bits per heavy atom. The lowest BCUT2D eigenvalue weighted by Crippen LogP contribution is -2.51. The van der Waals surface area contributed by atoms with E-state index in [-0.39, 0.29) is 6.54 Å². The standard InChI is InChI=1S/C23H25N3O5S/c1-25(14-20(27)24-15-8-10-16(31-2)11-9-15)23(30)19(12-13-32-3)26-21(28)17-6-4-5-7-18(17)22(26)29/h4-11,19H,12-14H2,1-3H3,(H,24,27)/t19-/m1/s1. The van der Waals surface area contributed by atoms with Crippen molar-refractivity contribution in [3.63, 3.8) is 0 Å². The van der Waals surface area contributed by atoms with Gasteiger partial charge in [0.15, 0.2) is 0 Å². The van der Waals surface area contributed by atoms with Gasteiger partial charge in [-0.3, -0.25) is 24.1 Å². The molecular weight excluding hydrogens is 430 g/mol. The van der Waals surface area contributed by atoms with Crippen molar-refractivity contribution in [1.82, 2.24) is 9.80 Å². The molecule has 168 valence electrons. The highest BCUT2D eigenvalue weighted by Crippen LogP contribution is 2.27. The number of nitrogens with zero attached hydrogens (tertiary/aromatic N) is 2. The van der Waals surface area contributed by atoms with E-state index in [2.05, 4.69) is 5.32 Å². The molecule has 0 unspecified atom stereocenters. The molecule has 1 N–H and O–H groups in total. The van der Waals surface area contributed by atoms with E-state index in [1.54, 1.807) is 55.6 Å². The van der Waals surface area contributed by atoms with Crippen LogP contribution in [0, 0.1) is 0 Å². The van der Waals surface area contributed by atoms with Crippen LogP contribution in [0.2, 0.25) is 0 Å². The summed E-state index contributed by atoms with van der Waals surface area (Å²) in [5.41, 5.74) is 1.15. The maximum absolute atomic E-state index is 13.2. The van der Waals surface area contributed by atoms with Gasteiger partial charge >= 0.3 is 0 Å². The van der Waals surface area contributed by atoms with Gasteiger partial charge in [-0.25, -0.2) is 0 Å². The molecule has 0 bridgehead atoms. The molecule has 0 aromatic heterocycles. The number of carbonyl (C=O) groups excluding carboxylic acids is 4. The second-order valence-corrected chi connectivity index (χ2v) is 8.28. The van der Waals surface area contributed by atoms with Crippen LogP contribution < -0.4 is 10.1 Å². The predicted octanol–water partition coefficient (Wildman–Crippen LogP) is 2.51. The number of methoxy groups -OCH3 is 1. The number of likely N-dealkylation sites (N-methyl/N-ethyl adjacent to an activating group) is 1. The third kappa shape index (κ3) is 4.94. The van der Waals surface area contributed by atoms with Gasteiger partial charge in [-0.15, -0.1) is 0 Å². The van der Waals surface area contributed by atoms with Crippen molar-refractivity contribution in [3.05, 3.63) is 59.7 Å². The highest BCUT2D eigenvalue weighted by Gasteiger charge is 2.43. The van der Waals surface area contributed by atoms with E-state index in [4.69, 9.17) is 4.74 Å². The molecule has 0 saturated heterocycles. The summed E-state index contributed by atoms with van der Waals surface area (Å²) in [4.78, 5) is 53.7. The maximum Gasteiger partial charge on any atom is 0.262 e. The van der Waals surface area contributed by atoms with Crippen LogP contribution >= 0.6 is 11.8 Å². The number of amides is 4. The van der Waals surface area contributed by atoms with Crippen LogP contribution in [0.5, 0.6) is 5.75 Å². The van der Waals surface area contributed by atoms with Gasteiger partial charge in [0, 0.05) is 12.7 Å². The zero-order valence-electron chi connectivity index (χ0n) is 18.2. The lowest BCUT2D eigenvalue weighted by molar-refractivity contribution is -0.136. The maximum atomic E-state index is 13.2. The third-order valence-electron chi connectivity index (χ3n) is 5.15. The minimum Gasteiger partial charge on any atom is -0.497 e. The molecule has 9 heteroatoms. The molecular formula is C23H25N3O5S. The Kier molecular flexibility index (Phi) is 7.53. The lowest BCUT2D eigenvalue weighted by Gasteiger charge is -2.29. The van der Waals surface area contributed by atoms with E-state index >= 15 is 0 Å². The molecule has 0 radical (unpaired) electrons. The van der Waals surface area contributed by atoms with Crippen molar-refractivity contribution >= 4 is 41.1 Å². The third-order valence-corrected chi connectivity index (χ3v) is 5.79. The van der Waals surface area contributed by atoms with Crippen molar-refractivity contribution in [2.24, 2.45) is 0 Å². The second-order valence-electron chi connectivity index (χ2n) is 7.29. The molecule has 1 aliphatic rings. The zero-order chi connectivity index (χ0) is 23.3. The first-order valence-electron chi connectivity index (χ1n) is 10.0. The van der Waals surface area contributed by atoms with Gasteiger partial charge in [0.05, 0.1) is 24.8 Å². The summed E-state index contributed by atoms with van der Waals surface area (Å²) in [6.45, 7) is -0.218. The first kappa shape index (κ1) is 23.3. The van der Waals surface area contributed by atoms with Crippen molar-refractivity contribution in [1.29, 1.82) is 0 Å². The van der Waals surface area contributed by atoms with Crippen LogP contribution in [0.4, 0.5) is 5.69 Å². The minimum atomic E-state index is -0.978. The molecule has 0 saturated carbocycles. The SMILES string of the molecule is COc1ccc(NC(=O)CN(C)C(=O)[C@@H](CCSC)N2C(=O)c3ccccc3C2=O)cc1. The van der Waals surface area contributed by atoms with Gasteiger partial charge in [-0.2, -0.15) is 11.8 Å². The van der Waals surface area contributed by atoms with Crippen LogP contribution in [0.15, 0.2) is 48.5 Å². The number of imide groups is 1. The van der Waals surface area contributed by atoms with E-state index < -0.39 is 29.7 Å². The lowest BCUT2D eigenvalue weighted by atomic mass is 10.1. The van der Waals surface area contributed by atoms with Gasteiger partial charge in [0.25, 0.3) is 11.8 Å². The molecule has 3 rings (SSSR count). The second kappa shape index (κ2) is 10.3. The predicted molar refractivity (Wildman–Crippen MR) is 123 cm³/mol. The zero-order valence-corrected chi connectivity index (χ0v) is 19.0. The first-order chi connectivity index (χ1) is 15.4. The summed E-state index contributed by atoms with van der Waals surface area (Å²) in [6, 6.07) is 12.4. The monoisotopic (exact) mass is 455 g/mol. The Balaban J connectivity index is 1.71. The average molecular weight is 456 g/mol. The Hall–Kier alpha value is -3.33. The van der Waals surface area contributed by atoms with Gasteiger partial charge in [0.2, 0.25) is 11.8 Å². The fourth-order valence-corrected chi connectivity index (χ4v) is 3.96. The number of carbonyl (C=O) groups is 4. The topological polar surface area (TPSA) is 96.0 Å². The summed E-state index contributed by atoms with van der Waals surface area (Å²) in [6.07, 6.45) is 2.19. The summed E-state index contributed by atoms with van der Waals surface area (Å²) in [5.74, 6) is -0.582. The minimum absolute atomic E-state index is 0.218. The van der Waals surface area contributed by atoms with Gasteiger partial charge in [-0.1, -0.05) is 12.1 Å². The molecule has 0 aliphatic carbocycles. The van der Waals surface area contributed by atoms with E-state index in [0.717, 1.165) is 4.90 Å². The average Bonchev–Trinajstić information content (AvgIpc) is 3.05. The van der Waals surface area contributed by atoms with Gasteiger partial charge in [0.1, 0.15) is 11.8 Å². The highest BCUT2D eigenvalue weighted by atomic mass is 32.2. The number of hydrogen-bond donors (Lipinski definition) is 1. The fourth-order valence-electron chi connectivity index (χ4n) is 3.51. The number of ether oxygens (including phenoxy) is 1. The molecule has 32 heavy (non-hydrogen) atoms. The molecule has 2 aromatic carbocycles. The summed E-state index contributed by atoms with van der Waals surface area (Å²) in [7, 11) is 3.04. The fraction of sp³-hybridized carbons (Fsp3) is 0.304. The highest BCUT2D eigenvalue weighted by molar-refractivity contribution is 7.98. The number of fused-ring (bicyclic) bond motifs is 1. The quantitative estimate of drug-likeness (QED) is 0.584. The molecule has 2 aromatic rings. The first-order valence-corrected chi connectivity index (χ1v) is 11.4. The van der Waals surface area contributed by atoms with Crippen molar-refractivity contribution in [2.45, 2.75) is 12.5 Å². The Labute approximate surface area is 190 Å². The van der Waals surface area contributed by atoms with E-state index in [1.807, 2.05) is 6.26 Å². The van der Waals surface area contributed by atoms with Crippen molar-refractivity contribution in [3.8, 4) is 5.75 Å². The summed E-state index contributed by atoms with van der Waals surface area (Å²) in [5, 5.41) is 2.72.